The zero-order valence-corrected chi connectivity index (χ0v) is 15.4. The molecule has 28 heavy (non-hydrogen) atoms. The topological polar surface area (TPSA) is 93.5 Å². The minimum atomic E-state index is -1.08. The van der Waals surface area contributed by atoms with E-state index in [9.17, 15) is 19.1 Å². The van der Waals surface area contributed by atoms with Crippen LogP contribution < -0.4 is 5.32 Å². The second kappa shape index (κ2) is 7.71. The number of amides is 1. The minimum absolute atomic E-state index is 0.222. The Labute approximate surface area is 161 Å². The number of benzene rings is 1. The summed E-state index contributed by atoms with van der Waals surface area (Å²) >= 11 is 0. The second-order valence-corrected chi connectivity index (χ2v) is 7.29. The Hall–Kier alpha value is -2.74. The number of hydrogen-bond acceptors (Lipinski definition) is 4. The van der Waals surface area contributed by atoms with Crippen LogP contribution in [0.15, 0.2) is 24.3 Å². The first-order valence-electron chi connectivity index (χ1n) is 9.52. The highest BCUT2D eigenvalue weighted by Gasteiger charge is 2.34. The van der Waals surface area contributed by atoms with E-state index in [1.54, 1.807) is 16.8 Å². The van der Waals surface area contributed by atoms with Gasteiger partial charge in [0.1, 0.15) is 11.9 Å². The summed E-state index contributed by atoms with van der Waals surface area (Å²) in [5.41, 5.74) is 2.46. The van der Waals surface area contributed by atoms with Crippen LogP contribution in [-0.4, -0.2) is 46.0 Å². The van der Waals surface area contributed by atoms with Crippen LogP contribution in [0.1, 0.15) is 41.0 Å². The van der Waals surface area contributed by atoms with Crippen molar-refractivity contribution in [2.75, 3.05) is 13.2 Å². The fourth-order valence-electron chi connectivity index (χ4n) is 4.06. The number of rotatable bonds is 5. The fraction of sp³-hybridized carbons (Fsp3) is 0.450. The number of carbonyl (C=O) groups is 2. The molecule has 4 rings (SSSR count). The molecule has 2 unspecified atom stereocenters. The van der Waals surface area contributed by atoms with E-state index in [1.165, 1.54) is 12.1 Å². The van der Waals surface area contributed by atoms with Gasteiger partial charge in [-0.05, 0) is 50.3 Å². The highest BCUT2D eigenvalue weighted by molar-refractivity contribution is 5.96. The molecule has 1 aromatic heterocycles. The van der Waals surface area contributed by atoms with Gasteiger partial charge in [-0.15, -0.1) is 0 Å². The summed E-state index contributed by atoms with van der Waals surface area (Å²) in [5, 5.41) is 16.6. The number of nitrogens with zero attached hydrogens (tertiary/aromatic N) is 2. The van der Waals surface area contributed by atoms with Crippen molar-refractivity contribution in [3.05, 3.63) is 47.0 Å². The van der Waals surface area contributed by atoms with E-state index in [4.69, 9.17) is 4.74 Å². The van der Waals surface area contributed by atoms with Crippen molar-refractivity contribution >= 4 is 11.9 Å². The molecule has 1 aromatic carbocycles. The quantitative estimate of drug-likeness (QED) is 0.820. The maximum atomic E-state index is 13.6. The molecular weight excluding hydrogens is 365 g/mol. The number of halogens is 1. The molecule has 1 fully saturated rings. The van der Waals surface area contributed by atoms with Gasteiger partial charge in [0.15, 0.2) is 5.69 Å². The predicted molar refractivity (Wildman–Crippen MR) is 98.0 cm³/mol. The van der Waals surface area contributed by atoms with Crippen LogP contribution in [0.5, 0.6) is 0 Å². The number of carboxylic acids is 1. The van der Waals surface area contributed by atoms with Crippen LogP contribution in [0.4, 0.5) is 4.39 Å². The van der Waals surface area contributed by atoms with Gasteiger partial charge < -0.3 is 15.2 Å². The van der Waals surface area contributed by atoms with Gasteiger partial charge in [0, 0.05) is 23.8 Å². The van der Waals surface area contributed by atoms with Gasteiger partial charge in [-0.1, -0.05) is 6.07 Å². The summed E-state index contributed by atoms with van der Waals surface area (Å²) in [5.74, 6) is -2.24. The Morgan fingerprint density at radius 1 is 1.32 bits per heavy atom. The molecule has 148 valence electrons. The Morgan fingerprint density at radius 2 is 2.18 bits per heavy atom. The molecule has 0 bridgehead atoms. The van der Waals surface area contributed by atoms with Crippen LogP contribution >= 0.6 is 0 Å². The first-order chi connectivity index (χ1) is 13.5. The van der Waals surface area contributed by atoms with Crippen molar-refractivity contribution in [2.24, 2.45) is 5.92 Å². The molecule has 2 heterocycles. The SMILES string of the molecule is O=C(NC(C(=O)O)C1CCCOC1)c1nn(-c2cccc(F)c2)c2c1CCC2. The van der Waals surface area contributed by atoms with Gasteiger partial charge >= 0.3 is 5.97 Å². The lowest BCUT2D eigenvalue weighted by atomic mass is 9.93. The number of nitrogens with one attached hydrogen (secondary N) is 1. The highest BCUT2D eigenvalue weighted by atomic mass is 19.1. The smallest absolute Gasteiger partial charge is 0.326 e. The van der Waals surface area contributed by atoms with E-state index in [0.717, 1.165) is 30.5 Å². The first-order valence-corrected chi connectivity index (χ1v) is 9.52. The van der Waals surface area contributed by atoms with E-state index in [0.29, 0.717) is 31.7 Å². The van der Waals surface area contributed by atoms with Crippen molar-refractivity contribution in [1.82, 2.24) is 15.1 Å². The van der Waals surface area contributed by atoms with Gasteiger partial charge in [-0.25, -0.2) is 13.9 Å². The standard InChI is InChI=1S/C20H22FN3O4/c21-13-5-1-6-14(10-13)24-16-8-2-7-15(16)18(23-24)19(25)22-17(20(26)27)12-4-3-9-28-11-12/h1,5-6,10,12,17H,2-4,7-9,11H2,(H,22,25)(H,26,27). The normalized spacial score (nSPS) is 19.8. The molecule has 1 amide bonds. The van der Waals surface area contributed by atoms with Gasteiger partial charge in [0.25, 0.3) is 5.91 Å². The molecule has 2 N–H and O–H groups in total. The third-order valence-electron chi connectivity index (χ3n) is 5.42. The summed E-state index contributed by atoms with van der Waals surface area (Å²) in [7, 11) is 0. The molecular formula is C20H22FN3O4. The predicted octanol–water partition coefficient (Wildman–Crippen LogP) is 2.11. The molecule has 8 heteroatoms. The molecule has 2 aliphatic rings. The molecule has 7 nitrogen and oxygen atoms in total. The molecule has 2 atom stereocenters. The minimum Gasteiger partial charge on any atom is -0.480 e. The monoisotopic (exact) mass is 387 g/mol. The zero-order valence-electron chi connectivity index (χ0n) is 15.4. The second-order valence-electron chi connectivity index (χ2n) is 7.29. The van der Waals surface area contributed by atoms with Crippen LogP contribution in [0, 0.1) is 11.7 Å². The van der Waals surface area contributed by atoms with E-state index < -0.39 is 17.9 Å². The Morgan fingerprint density at radius 3 is 2.89 bits per heavy atom. The van der Waals surface area contributed by atoms with E-state index >= 15 is 0 Å². The third-order valence-corrected chi connectivity index (χ3v) is 5.42. The summed E-state index contributed by atoms with van der Waals surface area (Å²) in [6.45, 7) is 0.926. The third kappa shape index (κ3) is 3.52. The molecule has 2 aromatic rings. The van der Waals surface area contributed by atoms with Crippen molar-refractivity contribution in [2.45, 2.75) is 38.1 Å². The Balaban J connectivity index is 1.62. The summed E-state index contributed by atoms with van der Waals surface area (Å²) in [4.78, 5) is 24.6. The lowest BCUT2D eigenvalue weighted by molar-refractivity contribution is -0.142. The van der Waals surface area contributed by atoms with Gasteiger partial charge in [-0.3, -0.25) is 4.79 Å². The first kappa shape index (κ1) is 18.6. The number of aromatic nitrogens is 2. The van der Waals surface area contributed by atoms with Crippen molar-refractivity contribution in [3.63, 3.8) is 0 Å². The molecule has 0 spiro atoms. The molecule has 0 saturated carbocycles. The van der Waals surface area contributed by atoms with Crippen molar-refractivity contribution in [3.8, 4) is 5.69 Å². The zero-order chi connectivity index (χ0) is 19.7. The number of hydrogen-bond donors (Lipinski definition) is 2. The fourth-order valence-corrected chi connectivity index (χ4v) is 4.06. The number of aliphatic carboxylic acids is 1. The van der Waals surface area contributed by atoms with Gasteiger partial charge in [0.2, 0.25) is 0 Å². The molecule has 1 aliphatic carbocycles. The van der Waals surface area contributed by atoms with E-state index in [1.807, 2.05) is 0 Å². The highest BCUT2D eigenvalue weighted by Crippen LogP contribution is 2.28. The molecule has 1 saturated heterocycles. The Kier molecular flexibility index (Phi) is 5.13. The summed E-state index contributed by atoms with van der Waals surface area (Å²) in [6, 6.07) is 5.02. The van der Waals surface area contributed by atoms with E-state index in [-0.39, 0.29) is 17.4 Å². The number of carboxylic acid groups (broad SMARTS) is 1. The lowest BCUT2D eigenvalue weighted by Crippen LogP contribution is -2.48. The van der Waals surface area contributed by atoms with Crippen LogP contribution in [0.2, 0.25) is 0 Å². The van der Waals surface area contributed by atoms with E-state index in [2.05, 4.69) is 10.4 Å². The van der Waals surface area contributed by atoms with Crippen LogP contribution in [-0.2, 0) is 22.4 Å². The summed E-state index contributed by atoms with van der Waals surface area (Å²) in [6.07, 6.45) is 3.77. The number of fused-ring (bicyclic) bond motifs is 1. The van der Waals surface area contributed by atoms with Crippen molar-refractivity contribution in [1.29, 1.82) is 0 Å². The average molecular weight is 387 g/mol. The molecule has 1 aliphatic heterocycles. The van der Waals surface area contributed by atoms with Crippen molar-refractivity contribution < 1.29 is 23.8 Å². The number of carbonyl (C=O) groups excluding carboxylic acids is 1. The molecule has 0 radical (unpaired) electrons. The van der Waals surface area contributed by atoms with Gasteiger partial charge in [0.05, 0.1) is 12.3 Å². The summed E-state index contributed by atoms with van der Waals surface area (Å²) < 4.78 is 20.6. The largest absolute Gasteiger partial charge is 0.480 e. The average Bonchev–Trinajstić information content (AvgIpc) is 3.29. The van der Waals surface area contributed by atoms with Gasteiger partial charge in [-0.2, -0.15) is 5.10 Å². The number of ether oxygens (including phenoxy) is 1. The lowest BCUT2D eigenvalue weighted by Gasteiger charge is -2.27. The Bertz CT molecular complexity index is 905. The maximum absolute atomic E-state index is 13.6. The van der Waals surface area contributed by atoms with Crippen LogP contribution in [0.3, 0.4) is 0 Å². The van der Waals surface area contributed by atoms with Crippen LogP contribution in [0.25, 0.3) is 5.69 Å². The maximum Gasteiger partial charge on any atom is 0.326 e.